The highest BCUT2D eigenvalue weighted by molar-refractivity contribution is 5.92. The highest BCUT2D eigenvalue weighted by atomic mass is 16.5. The lowest BCUT2D eigenvalue weighted by atomic mass is 10.0. The lowest BCUT2D eigenvalue weighted by Crippen LogP contribution is -2.29. The number of aliphatic hydroxyl groups excluding tert-OH is 1. The van der Waals surface area contributed by atoms with Crippen LogP contribution in [0.5, 0.6) is 5.75 Å². The lowest BCUT2D eigenvalue weighted by Gasteiger charge is -2.15. The molecule has 0 heterocycles. The van der Waals surface area contributed by atoms with Crippen LogP contribution in [0.25, 0.3) is 0 Å². The fourth-order valence-corrected chi connectivity index (χ4v) is 1.45. The summed E-state index contributed by atoms with van der Waals surface area (Å²) in [6.45, 7) is 3.49. The number of aliphatic hydroxyl groups is 1. The largest absolute Gasteiger partial charge is 0.497 e. The van der Waals surface area contributed by atoms with Gasteiger partial charge in [0, 0.05) is 5.69 Å². The second-order valence-electron chi connectivity index (χ2n) is 4.02. The smallest absolute Gasteiger partial charge is 0.230 e. The molecular weight excluding hydrogens is 230 g/mol. The van der Waals surface area contributed by atoms with Crippen molar-refractivity contribution in [3.8, 4) is 5.75 Å². The lowest BCUT2D eigenvalue weighted by molar-refractivity contribution is -0.121. The summed E-state index contributed by atoms with van der Waals surface area (Å²) in [5.41, 5.74) is 0.681. The summed E-state index contributed by atoms with van der Waals surface area (Å²) in [6, 6.07) is 7.04. The van der Waals surface area contributed by atoms with Crippen LogP contribution >= 0.6 is 0 Å². The van der Waals surface area contributed by atoms with Crippen molar-refractivity contribution in [1.82, 2.24) is 0 Å². The summed E-state index contributed by atoms with van der Waals surface area (Å²) >= 11 is 0. The van der Waals surface area contributed by atoms with Crippen molar-refractivity contribution >= 4 is 11.6 Å². The maximum Gasteiger partial charge on any atom is 0.230 e. The molecule has 4 nitrogen and oxygen atoms in total. The monoisotopic (exact) mass is 249 g/mol. The number of rotatable bonds is 5. The quantitative estimate of drug-likeness (QED) is 0.786. The van der Waals surface area contributed by atoms with Crippen LogP contribution in [0.3, 0.4) is 0 Å². The first-order valence-corrected chi connectivity index (χ1v) is 5.84. The van der Waals surface area contributed by atoms with Crippen LogP contribution in [0.1, 0.15) is 13.8 Å². The van der Waals surface area contributed by atoms with Crippen molar-refractivity contribution in [1.29, 1.82) is 0 Å². The number of methoxy groups -OCH3 is 1. The van der Waals surface area contributed by atoms with Crippen molar-refractivity contribution in [2.75, 3.05) is 12.4 Å². The Hall–Kier alpha value is -1.81. The van der Waals surface area contributed by atoms with Crippen LogP contribution < -0.4 is 10.1 Å². The van der Waals surface area contributed by atoms with Gasteiger partial charge in [0.05, 0.1) is 19.1 Å². The molecule has 0 aliphatic rings. The molecule has 0 aromatic heterocycles. The Kier molecular flexibility index (Phi) is 5.39. The van der Waals surface area contributed by atoms with Crippen molar-refractivity contribution < 1.29 is 14.6 Å². The Bertz CT molecular complexity index is 412. The molecule has 0 saturated heterocycles. The van der Waals surface area contributed by atoms with Gasteiger partial charge < -0.3 is 15.2 Å². The van der Waals surface area contributed by atoms with E-state index in [9.17, 15) is 9.90 Å². The molecule has 2 N–H and O–H groups in total. The molecule has 0 spiro atoms. The topological polar surface area (TPSA) is 58.6 Å². The van der Waals surface area contributed by atoms with Crippen LogP contribution in [0, 0.1) is 5.92 Å². The van der Waals surface area contributed by atoms with Crippen LogP contribution in [0.2, 0.25) is 0 Å². The number of carbonyl (C=O) groups is 1. The van der Waals surface area contributed by atoms with Gasteiger partial charge in [-0.1, -0.05) is 19.1 Å². The fraction of sp³-hybridized carbons (Fsp3) is 0.357. The number of anilines is 1. The third-order valence-corrected chi connectivity index (χ3v) is 2.67. The van der Waals surface area contributed by atoms with Crippen LogP contribution in [-0.4, -0.2) is 24.2 Å². The number of hydrogen-bond acceptors (Lipinski definition) is 3. The summed E-state index contributed by atoms with van der Waals surface area (Å²) in [6.07, 6.45) is 2.55. The van der Waals surface area contributed by atoms with E-state index in [1.54, 1.807) is 57.4 Å². The highest BCUT2D eigenvalue weighted by Crippen LogP contribution is 2.16. The molecule has 0 radical (unpaired) electrons. The minimum absolute atomic E-state index is 0.217. The van der Waals surface area contributed by atoms with Crippen LogP contribution in [-0.2, 0) is 4.79 Å². The van der Waals surface area contributed by atoms with Gasteiger partial charge in [-0.3, -0.25) is 4.79 Å². The van der Waals surface area contributed by atoms with Crippen molar-refractivity contribution in [2.24, 2.45) is 5.92 Å². The van der Waals surface area contributed by atoms with E-state index in [0.29, 0.717) is 5.69 Å². The van der Waals surface area contributed by atoms with Gasteiger partial charge in [-0.2, -0.15) is 0 Å². The van der Waals surface area contributed by atoms with Gasteiger partial charge in [0.1, 0.15) is 5.75 Å². The summed E-state index contributed by atoms with van der Waals surface area (Å²) in [5, 5.41) is 12.4. The van der Waals surface area contributed by atoms with E-state index < -0.39 is 12.0 Å². The molecule has 0 unspecified atom stereocenters. The molecule has 1 aromatic rings. The van der Waals surface area contributed by atoms with Crippen molar-refractivity contribution in [3.05, 3.63) is 36.4 Å². The Morgan fingerprint density at radius 3 is 2.50 bits per heavy atom. The maximum atomic E-state index is 11.8. The van der Waals surface area contributed by atoms with Crippen molar-refractivity contribution in [3.63, 3.8) is 0 Å². The third-order valence-electron chi connectivity index (χ3n) is 2.67. The molecule has 1 amide bonds. The molecule has 98 valence electrons. The van der Waals surface area contributed by atoms with E-state index in [1.807, 2.05) is 0 Å². The van der Waals surface area contributed by atoms with Gasteiger partial charge in [-0.25, -0.2) is 0 Å². The summed E-state index contributed by atoms with van der Waals surface area (Å²) in [4.78, 5) is 11.8. The van der Waals surface area contributed by atoms with Crippen LogP contribution in [0.4, 0.5) is 5.69 Å². The first kappa shape index (κ1) is 14.3. The highest BCUT2D eigenvalue weighted by Gasteiger charge is 2.19. The summed E-state index contributed by atoms with van der Waals surface area (Å²) in [7, 11) is 1.59. The number of benzene rings is 1. The maximum absolute atomic E-state index is 11.8. The normalized spacial score (nSPS) is 14.2. The number of nitrogens with one attached hydrogen (secondary N) is 1. The second kappa shape index (κ2) is 6.81. The average Bonchev–Trinajstić information content (AvgIpc) is 2.39. The predicted molar refractivity (Wildman–Crippen MR) is 71.6 cm³/mol. The second-order valence-corrected chi connectivity index (χ2v) is 4.02. The summed E-state index contributed by atoms with van der Waals surface area (Å²) < 4.78 is 5.03. The molecule has 0 fully saturated rings. The van der Waals surface area contributed by atoms with E-state index in [1.165, 1.54) is 0 Å². The molecule has 0 bridgehead atoms. The molecule has 0 aliphatic carbocycles. The zero-order chi connectivity index (χ0) is 13.5. The van der Waals surface area contributed by atoms with E-state index in [-0.39, 0.29) is 5.91 Å². The summed E-state index contributed by atoms with van der Waals surface area (Å²) in [5.74, 6) is 0.0177. The zero-order valence-corrected chi connectivity index (χ0v) is 10.9. The average molecular weight is 249 g/mol. The first-order chi connectivity index (χ1) is 8.58. The van der Waals surface area contributed by atoms with E-state index in [4.69, 9.17) is 4.74 Å². The molecule has 1 rings (SSSR count). The Balaban J connectivity index is 2.63. The van der Waals surface area contributed by atoms with Gasteiger partial charge in [0.25, 0.3) is 0 Å². The van der Waals surface area contributed by atoms with Crippen molar-refractivity contribution in [2.45, 2.75) is 20.0 Å². The molecule has 0 aliphatic heterocycles. The number of hydrogen-bond donors (Lipinski definition) is 2. The Morgan fingerprint density at radius 1 is 1.39 bits per heavy atom. The van der Waals surface area contributed by atoms with Gasteiger partial charge in [-0.05, 0) is 31.2 Å². The number of amides is 1. The van der Waals surface area contributed by atoms with E-state index in [0.717, 1.165) is 5.75 Å². The standard InChI is InChI=1S/C14H19NO3/c1-4-5-13(16)10(2)14(17)15-11-6-8-12(18-3)9-7-11/h4-10,13,16H,1-3H3,(H,15,17)/b5-4+/t10-,13+/m0/s1. The number of carbonyl (C=O) groups excluding carboxylic acids is 1. The van der Waals surface area contributed by atoms with Gasteiger partial charge in [0.15, 0.2) is 0 Å². The van der Waals surface area contributed by atoms with Gasteiger partial charge >= 0.3 is 0 Å². The van der Waals surface area contributed by atoms with Gasteiger partial charge in [-0.15, -0.1) is 0 Å². The molecule has 18 heavy (non-hydrogen) atoms. The van der Waals surface area contributed by atoms with E-state index >= 15 is 0 Å². The predicted octanol–water partition coefficient (Wildman–Crippen LogP) is 2.21. The van der Waals surface area contributed by atoms with Gasteiger partial charge in [0.2, 0.25) is 5.91 Å². The SMILES string of the molecule is C/C=C/[C@@H](O)[C@H](C)C(=O)Nc1ccc(OC)cc1. The molecule has 1 aromatic carbocycles. The minimum atomic E-state index is -0.770. The molecular formula is C14H19NO3. The number of allylic oxidation sites excluding steroid dienone is 1. The van der Waals surface area contributed by atoms with Crippen LogP contribution in [0.15, 0.2) is 36.4 Å². The third kappa shape index (κ3) is 3.89. The molecule has 4 heteroatoms. The zero-order valence-electron chi connectivity index (χ0n) is 10.9. The minimum Gasteiger partial charge on any atom is -0.497 e. The fourth-order valence-electron chi connectivity index (χ4n) is 1.45. The Labute approximate surface area is 107 Å². The Morgan fingerprint density at radius 2 is 2.00 bits per heavy atom. The van der Waals surface area contributed by atoms with E-state index in [2.05, 4.69) is 5.32 Å². The molecule has 0 saturated carbocycles. The molecule has 2 atom stereocenters. The first-order valence-electron chi connectivity index (χ1n) is 5.84. The number of ether oxygens (including phenoxy) is 1.